The number of hydrogen-bond donors (Lipinski definition) is 4. The molecule has 0 radical (unpaired) electrons. The summed E-state index contributed by atoms with van der Waals surface area (Å²) in [6.45, 7) is 1.95. The van der Waals surface area contributed by atoms with E-state index >= 15 is 0 Å². The van der Waals surface area contributed by atoms with Gasteiger partial charge in [-0.15, -0.1) is 0 Å². The summed E-state index contributed by atoms with van der Waals surface area (Å²) >= 11 is 3.76. The van der Waals surface area contributed by atoms with Crippen LogP contribution in [0.4, 0.5) is 4.79 Å². The predicted octanol–water partition coefficient (Wildman–Crippen LogP) is 2.47. The third-order valence-electron chi connectivity index (χ3n) is 4.80. The molecule has 2 aliphatic heterocycles. The van der Waals surface area contributed by atoms with Gasteiger partial charge in [-0.1, -0.05) is 28.0 Å². The molecule has 2 rings (SSSR count). The number of unbranched alkanes of at least 4 members (excludes halogenated alkanes) is 1. The van der Waals surface area contributed by atoms with Gasteiger partial charge in [0.1, 0.15) is 23.0 Å². The molecule has 2 aliphatic rings. The molecule has 2 saturated heterocycles. The maximum atomic E-state index is 11.9. The molecular formula is C18H31IN4O4S3. The molecule has 12 heteroatoms. The van der Waals surface area contributed by atoms with Crippen LogP contribution in [0, 0.1) is 0 Å². The molecule has 0 aliphatic carbocycles. The summed E-state index contributed by atoms with van der Waals surface area (Å²) < 4.78 is 4.91. The first-order valence-corrected chi connectivity index (χ1v) is 14.7. The molecule has 0 aromatic carbocycles. The lowest BCUT2D eigenvalue weighted by molar-refractivity contribution is -0.121. The van der Waals surface area contributed by atoms with Gasteiger partial charge in [-0.25, -0.2) is 4.79 Å². The molecular weight excluding hydrogens is 559 g/mol. The lowest BCUT2D eigenvalue weighted by atomic mass is 10.0. The van der Waals surface area contributed by atoms with Crippen molar-refractivity contribution in [3.8, 4) is 0 Å². The van der Waals surface area contributed by atoms with Crippen molar-refractivity contribution in [3.63, 3.8) is 0 Å². The van der Waals surface area contributed by atoms with Gasteiger partial charge in [0, 0.05) is 48.4 Å². The third-order valence-corrected chi connectivity index (χ3v) is 9.16. The molecule has 0 aromatic rings. The highest BCUT2D eigenvalue weighted by Gasteiger charge is 2.42. The van der Waals surface area contributed by atoms with Crippen LogP contribution in [0.1, 0.15) is 38.5 Å². The zero-order valence-corrected chi connectivity index (χ0v) is 21.6. The second-order valence-electron chi connectivity index (χ2n) is 7.13. The number of nitrogens with one attached hydrogen (secondary N) is 4. The first kappa shape index (κ1) is 26.2. The van der Waals surface area contributed by atoms with E-state index in [1.165, 1.54) is 0 Å². The SMILES string of the molecule is O=C(CCCCC1SCC2NC(=O)NC21)NCCSSCCC(=O)NCCCOI. The van der Waals surface area contributed by atoms with Crippen LogP contribution in [0.3, 0.4) is 0 Å². The highest BCUT2D eigenvalue weighted by atomic mass is 127. The number of hydrogen-bond acceptors (Lipinski definition) is 7. The average molecular weight is 591 g/mol. The Bertz CT molecular complexity index is 562. The Kier molecular flexibility index (Phi) is 13.7. The minimum atomic E-state index is -0.0494. The van der Waals surface area contributed by atoms with Crippen LogP contribution in [-0.4, -0.2) is 72.1 Å². The fraction of sp³-hybridized carbons (Fsp3) is 0.833. The number of carbonyl (C=O) groups is 3. The van der Waals surface area contributed by atoms with Gasteiger partial charge in [0.2, 0.25) is 11.8 Å². The highest BCUT2D eigenvalue weighted by molar-refractivity contribution is 14.1. The number of halogens is 1. The standard InChI is InChI=1S/C18H31IN4O4S3/c19-27-9-3-7-20-16(25)6-10-29-30-11-8-21-15(24)5-2-1-4-14-17-13(12-28-14)22-18(26)23-17/h13-14,17H,1-12H2,(H,20,25)(H,21,24)(H2,22,23,26). The largest absolute Gasteiger partial charge is 0.356 e. The van der Waals surface area contributed by atoms with E-state index in [-0.39, 0.29) is 29.9 Å². The van der Waals surface area contributed by atoms with E-state index in [1.54, 1.807) is 21.6 Å². The van der Waals surface area contributed by atoms with E-state index in [9.17, 15) is 14.4 Å². The second kappa shape index (κ2) is 15.7. The lowest BCUT2D eigenvalue weighted by Crippen LogP contribution is -2.36. The Hall–Kier alpha value is -0.0500. The Morgan fingerprint density at radius 1 is 1.07 bits per heavy atom. The van der Waals surface area contributed by atoms with E-state index in [0.717, 1.165) is 42.9 Å². The van der Waals surface area contributed by atoms with Crippen molar-refractivity contribution in [3.05, 3.63) is 0 Å². The summed E-state index contributed by atoms with van der Waals surface area (Å²) in [5, 5.41) is 12.2. The molecule has 8 nitrogen and oxygen atoms in total. The Balaban J connectivity index is 1.36. The first-order valence-electron chi connectivity index (χ1n) is 10.3. The molecule has 0 saturated carbocycles. The topological polar surface area (TPSA) is 109 Å². The molecule has 4 N–H and O–H groups in total. The van der Waals surface area contributed by atoms with Crippen molar-refractivity contribution >= 4 is 74.2 Å². The summed E-state index contributed by atoms with van der Waals surface area (Å²) in [4.78, 5) is 34.9. The van der Waals surface area contributed by atoms with Crippen molar-refractivity contribution in [1.82, 2.24) is 21.3 Å². The van der Waals surface area contributed by atoms with Crippen molar-refractivity contribution in [1.29, 1.82) is 0 Å². The lowest BCUT2D eigenvalue weighted by Gasteiger charge is -2.16. The van der Waals surface area contributed by atoms with E-state index in [2.05, 4.69) is 21.3 Å². The number of urea groups is 1. The second-order valence-corrected chi connectivity index (χ2v) is 11.7. The smallest absolute Gasteiger partial charge is 0.315 e. The van der Waals surface area contributed by atoms with Gasteiger partial charge in [0.25, 0.3) is 0 Å². The monoisotopic (exact) mass is 590 g/mol. The quantitative estimate of drug-likeness (QED) is 0.0947. The number of carbonyl (C=O) groups excluding carboxylic acids is 3. The number of amides is 4. The Labute approximate surface area is 204 Å². The van der Waals surface area contributed by atoms with E-state index in [0.29, 0.717) is 37.8 Å². The molecule has 30 heavy (non-hydrogen) atoms. The van der Waals surface area contributed by atoms with E-state index in [4.69, 9.17) is 3.07 Å². The van der Waals surface area contributed by atoms with Crippen LogP contribution >= 0.6 is 56.4 Å². The van der Waals surface area contributed by atoms with Crippen LogP contribution in [-0.2, 0) is 12.7 Å². The maximum Gasteiger partial charge on any atom is 0.315 e. The van der Waals surface area contributed by atoms with Crippen molar-refractivity contribution in [2.75, 3.05) is 37.0 Å². The Morgan fingerprint density at radius 3 is 2.67 bits per heavy atom. The maximum absolute atomic E-state index is 11.9. The molecule has 0 aromatic heterocycles. The van der Waals surface area contributed by atoms with Gasteiger partial charge in [-0.2, -0.15) is 11.8 Å². The molecule has 3 atom stereocenters. The fourth-order valence-corrected chi connectivity index (χ4v) is 7.04. The molecule has 2 heterocycles. The predicted molar refractivity (Wildman–Crippen MR) is 134 cm³/mol. The van der Waals surface area contributed by atoms with Crippen molar-refractivity contribution in [2.24, 2.45) is 0 Å². The summed E-state index contributed by atoms with van der Waals surface area (Å²) in [7, 11) is 3.34. The third kappa shape index (κ3) is 10.5. The number of fused-ring (bicyclic) bond motifs is 1. The average Bonchev–Trinajstić information content (AvgIpc) is 3.27. The van der Waals surface area contributed by atoms with Gasteiger partial charge in [-0.3, -0.25) is 9.59 Å². The van der Waals surface area contributed by atoms with Crippen LogP contribution in [0.15, 0.2) is 0 Å². The van der Waals surface area contributed by atoms with Crippen LogP contribution < -0.4 is 21.3 Å². The molecule has 4 amide bonds. The van der Waals surface area contributed by atoms with Crippen LogP contribution in [0.2, 0.25) is 0 Å². The minimum absolute atomic E-state index is 0.0494. The number of rotatable bonds is 16. The fourth-order valence-electron chi connectivity index (χ4n) is 3.29. The molecule has 2 fully saturated rings. The summed E-state index contributed by atoms with van der Waals surface area (Å²) in [6.07, 6.45) is 4.80. The van der Waals surface area contributed by atoms with Crippen molar-refractivity contribution < 1.29 is 17.4 Å². The molecule has 0 spiro atoms. The molecule has 3 unspecified atom stereocenters. The Morgan fingerprint density at radius 2 is 1.83 bits per heavy atom. The summed E-state index contributed by atoms with van der Waals surface area (Å²) in [6, 6.07) is 0.458. The molecule has 0 bridgehead atoms. The zero-order valence-electron chi connectivity index (χ0n) is 17.0. The zero-order chi connectivity index (χ0) is 21.6. The number of thioether (sulfide) groups is 1. The van der Waals surface area contributed by atoms with Gasteiger partial charge in [0.05, 0.1) is 18.7 Å². The van der Waals surface area contributed by atoms with Gasteiger partial charge in [0.15, 0.2) is 0 Å². The van der Waals surface area contributed by atoms with Crippen LogP contribution in [0.25, 0.3) is 0 Å². The first-order chi connectivity index (χ1) is 14.6. The van der Waals surface area contributed by atoms with Crippen LogP contribution in [0.5, 0.6) is 0 Å². The van der Waals surface area contributed by atoms with Gasteiger partial charge in [-0.05, 0) is 19.3 Å². The van der Waals surface area contributed by atoms with E-state index < -0.39 is 0 Å². The highest BCUT2D eigenvalue weighted by Crippen LogP contribution is 2.33. The normalized spacial score (nSPS) is 22.3. The van der Waals surface area contributed by atoms with E-state index in [1.807, 2.05) is 34.8 Å². The van der Waals surface area contributed by atoms with Gasteiger partial charge >= 0.3 is 6.03 Å². The van der Waals surface area contributed by atoms with Crippen molar-refractivity contribution in [2.45, 2.75) is 55.9 Å². The minimum Gasteiger partial charge on any atom is -0.356 e. The summed E-state index contributed by atoms with van der Waals surface area (Å²) in [5.41, 5.74) is 0. The molecule has 172 valence electrons. The summed E-state index contributed by atoms with van der Waals surface area (Å²) in [5.74, 6) is 2.75. The van der Waals surface area contributed by atoms with Gasteiger partial charge < -0.3 is 24.3 Å².